The summed E-state index contributed by atoms with van der Waals surface area (Å²) < 4.78 is 0. The summed E-state index contributed by atoms with van der Waals surface area (Å²) >= 11 is 0. The van der Waals surface area contributed by atoms with Gasteiger partial charge in [0.25, 0.3) is 5.91 Å². The number of nitrogens with zero attached hydrogens (tertiary/aromatic N) is 3. The number of carbonyl (C=O) groups excluding carboxylic acids is 1. The smallest absolute Gasteiger partial charge is 0.252 e. The molecule has 21 heavy (non-hydrogen) atoms. The third kappa shape index (κ3) is 6.25. The minimum atomic E-state index is -0.112. The minimum Gasteiger partial charge on any atom is -0.354 e. The molecule has 0 saturated carbocycles. The van der Waals surface area contributed by atoms with Crippen LogP contribution in [0.1, 0.15) is 30.1 Å². The molecule has 6 heteroatoms. The molecule has 0 aliphatic heterocycles. The third-order valence-corrected chi connectivity index (χ3v) is 3.04. The van der Waals surface area contributed by atoms with Crippen molar-refractivity contribution in [2.45, 2.75) is 19.8 Å². The molecule has 0 aliphatic rings. The first kappa shape index (κ1) is 16.9. The molecule has 1 aromatic rings. The van der Waals surface area contributed by atoms with Crippen molar-refractivity contribution < 1.29 is 4.79 Å². The number of aliphatic imine (C=N–C) groups is 1. The maximum atomic E-state index is 11.8. The molecule has 0 aromatic carbocycles. The lowest BCUT2D eigenvalue weighted by Gasteiger charge is -2.21. The van der Waals surface area contributed by atoms with E-state index in [0.29, 0.717) is 18.7 Å². The number of aromatic nitrogens is 1. The Morgan fingerprint density at radius 1 is 1.38 bits per heavy atom. The average molecular weight is 291 g/mol. The SMILES string of the molecule is CCCCN(C)C(=NC)NCCNC(=O)c1cccnc1. The van der Waals surface area contributed by atoms with Crippen molar-refractivity contribution in [1.82, 2.24) is 20.5 Å². The van der Waals surface area contributed by atoms with E-state index in [-0.39, 0.29) is 5.91 Å². The zero-order chi connectivity index (χ0) is 15.5. The van der Waals surface area contributed by atoms with Crippen LogP contribution in [-0.4, -0.2) is 55.5 Å². The summed E-state index contributed by atoms with van der Waals surface area (Å²) in [6.07, 6.45) is 5.49. The van der Waals surface area contributed by atoms with Gasteiger partial charge in [0.1, 0.15) is 0 Å². The van der Waals surface area contributed by atoms with Gasteiger partial charge in [-0.2, -0.15) is 0 Å². The lowest BCUT2D eigenvalue weighted by atomic mass is 10.3. The molecule has 6 nitrogen and oxygen atoms in total. The topological polar surface area (TPSA) is 69.6 Å². The molecule has 116 valence electrons. The quantitative estimate of drug-likeness (QED) is 0.449. The van der Waals surface area contributed by atoms with Crippen LogP contribution < -0.4 is 10.6 Å². The molecule has 0 unspecified atom stereocenters. The Hall–Kier alpha value is -2.11. The van der Waals surface area contributed by atoms with Crippen molar-refractivity contribution in [3.05, 3.63) is 30.1 Å². The van der Waals surface area contributed by atoms with Crippen LogP contribution in [0.5, 0.6) is 0 Å². The van der Waals surface area contributed by atoms with Crippen LogP contribution in [0, 0.1) is 0 Å². The number of nitrogens with one attached hydrogen (secondary N) is 2. The van der Waals surface area contributed by atoms with E-state index in [9.17, 15) is 4.79 Å². The average Bonchev–Trinajstić information content (AvgIpc) is 2.53. The van der Waals surface area contributed by atoms with Crippen LogP contribution in [0.25, 0.3) is 0 Å². The Kier molecular flexibility index (Phi) is 7.86. The molecule has 1 rings (SSSR count). The Labute approximate surface area is 126 Å². The molecular formula is C15H25N5O. The van der Waals surface area contributed by atoms with Crippen molar-refractivity contribution in [2.24, 2.45) is 4.99 Å². The molecule has 1 amide bonds. The molecule has 0 aliphatic carbocycles. The second-order valence-electron chi connectivity index (χ2n) is 4.75. The predicted octanol–water partition coefficient (Wildman–Crippen LogP) is 1.12. The third-order valence-electron chi connectivity index (χ3n) is 3.04. The van der Waals surface area contributed by atoms with Crippen LogP contribution in [0.3, 0.4) is 0 Å². The van der Waals surface area contributed by atoms with E-state index < -0.39 is 0 Å². The van der Waals surface area contributed by atoms with Gasteiger partial charge in [-0.25, -0.2) is 0 Å². The number of amides is 1. The fourth-order valence-corrected chi connectivity index (χ4v) is 1.84. The van der Waals surface area contributed by atoms with Crippen LogP contribution in [0.4, 0.5) is 0 Å². The van der Waals surface area contributed by atoms with Crippen molar-refractivity contribution in [2.75, 3.05) is 33.7 Å². The molecule has 0 fully saturated rings. The van der Waals surface area contributed by atoms with E-state index in [2.05, 4.69) is 32.4 Å². The van der Waals surface area contributed by atoms with Gasteiger partial charge in [-0.15, -0.1) is 0 Å². The first-order valence-corrected chi connectivity index (χ1v) is 7.29. The standard InChI is InChI=1S/C15H25N5O/c1-4-5-11-20(3)15(16-2)19-10-9-18-14(21)13-7-6-8-17-12-13/h6-8,12H,4-5,9-11H2,1-3H3,(H,16,19)(H,18,21). The number of carbonyl (C=O) groups is 1. The van der Waals surface area contributed by atoms with E-state index in [4.69, 9.17) is 0 Å². The second kappa shape index (κ2) is 9.74. The van der Waals surface area contributed by atoms with Gasteiger partial charge in [0.05, 0.1) is 5.56 Å². The van der Waals surface area contributed by atoms with Crippen molar-refractivity contribution in [3.8, 4) is 0 Å². The van der Waals surface area contributed by atoms with Crippen LogP contribution >= 0.6 is 0 Å². The van der Waals surface area contributed by atoms with Gasteiger partial charge in [0.15, 0.2) is 5.96 Å². The normalized spacial score (nSPS) is 11.1. The molecule has 1 heterocycles. The maximum Gasteiger partial charge on any atom is 0.252 e. The Balaban J connectivity index is 2.28. The van der Waals surface area contributed by atoms with Gasteiger partial charge in [0, 0.05) is 46.1 Å². The molecule has 1 aromatic heterocycles. The van der Waals surface area contributed by atoms with Crippen LogP contribution in [0.2, 0.25) is 0 Å². The lowest BCUT2D eigenvalue weighted by Crippen LogP contribution is -2.42. The summed E-state index contributed by atoms with van der Waals surface area (Å²) in [5.74, 6) is 0.735. The zero-order valence-electron chi connectivity index (χ0n) is 13.1. The maximum absolute atomic E-state index is 11.8. The summed E-state index contributed by atoms with van der Waals surface area (Å²) in [5, 5.41) is 6.08. The fourth-order valence-electron chi connectivity index (χ4n) is 1.84. The number of hydrogen-bond donors (Lipinski definition) is 2. The number of unbranched alkanes of at least 4 members (excludes halogenated alkanes) is 1. The van der Waals surface area contributed by atoms with Crippen LogP contribution in [0.15, 0.2) is 29.5 Å². The summed E-state index contributed by atoms with van der Waals surface area (Å²) in [6, 6.07) is 3.49. The number of hydrogen-bond acceptors (Lipinski definition) is 3. The second-order valence-corrected chi connectivity index (χ2v) is 4.75. The van der Waals surface area contributed by atoms with E-state index in [0.717, 1.165) is 25.3 Å². The molecule has 2 N–H and O–H groups in total. The summed E-state index contributed by atoms with van der Waals surface area (Å²) in [4.78, 5) is 22.1. The highest BCUT2D eigenvalue weighted by Gasteiger charge is 2.06. The number of rotatable bonds is 7. The van der Waals surface area contributed by atoms with Crippen molar-refractivity contribution in [1.29, 1.82) is 0 Å². The van der Waals surface area contributed by atoms with E-state index in [1.165, 1.54) is 0 Å². The predicted molar refractivity (Wildman–Crippen MR) is 85.5 cm³/mol. The van der Waals surface area contributed by atoms with Gasteiger partial charge in [-0.1, -0.05) is 13.3 Å². The Bertz CT molecular complexity index is 447. The molecule has 0 spiro atoms. The lowest BCUT2D eigenvalue weighted by molar-refractivity contribution is 0.0954. The Morgan fingerprint density at radius 3 is 2.76 bits per heavy atom. The van der Waals surface area contributed by atoms with E-state index in [1.807, 2.05) is 7.05 Å². The number of guanidine groups is 1. The van der Waals surface area contributed by atoms with E-state index in [1.54, 1.807) is 31.6 Å². The summed E-state index contributed by atoms with van der Waals surface area (Å²) in [7, 11) is 3.78. The van der Waals surface area contributed by atoms with Crippen LogP contribution in [-0.2, 0) is 0 Å². The largest absolute Gasteiger partial charge is 0.354 e. The summed E-state index contributed by atoms with van der Waals surface area (Å²) in [6.45, 7) is 4.31. The van der Waals surface area contributed by atoms with Gasteiger partial charge in [-0.05, 0) is 18.6 Å². The molecule has 0 atom stereocenters. The zero-order valence-corrected chi connectivity index (χ0v) is 13.1. The van der Waals surface area contributed by atoms with Gasteiger partial charge >= 0.3 is 0 Å². The van der Waals surface area contributed by atoms with Gasteiger partial charge in [-0.3, -0.25) is 14.8 Å². The molecule has 0 saturated heterocycles. The van der Waals surface area contributed by atoms with Gasteiger partial charge < -0.3 is 15.5 Å². The first-order chi connectivity index (χ1) is 10.2. The summed E-state index contributed by atoms with van der Waals surface area (Å²) in [5.41, 5.74) is 0.571. The highest BCUT2D eigenvalue weighted by molar-refractivity contribution is 5.93. The fraction of sp³-hybridized carbons (Fsp3) is 0.533. The minimum absolute atomic E-state index is 0.112. The van der Waals surface area contributed by atoms with Crippen molar-refractivity contribution >= 4 is 11.9 Å². The first-order valence-electron chi connectivity index (χ1n) is 7.29. The van der Waals surface area contributed by atoms with E-state index >= 15 is 0 Å². The molecule has 0 bridgehead atoms. The van der Waals surface area contributed by atoms with Crippen molar-refractivity contribution in [3.63, 3.8) is 0 Å². The van der Waals surface area contributed by atoms with Gasteiger partial charge in [0.2, 0.25) is 0 Å². The Morgan fingerprint density at radius 2 is 2.14 bits per heavy atom. The monoisotopic (exact) mass is 291 g/mol. The molecular weight excluding hydrogens is 266 g/mol. The highest BCUT2D eigenvalue weighted by Crippen LogP contribution is 1.94. The molecule has 0 radical (unpaired) electrons. The highest BCUT2D eigenvalue weighted by atomic mass is 16.1. The number of pyridine rings is 1.